The first-order chi connectivity index (χ1) is 31.3. The molecule has 0 aromatic heterocycles. The van der Waals surface area contributed by atoms with E-state index in [1.54, 1.807) is 6.08 Å². The molecule has 1 aliphatic heterocycles. The van der Waals surface area contributed by atoms with Gasteiger partial charge in [0.1, 0.15) is 29.9 Å². The van der Waals surface area contributed by atoms with E-state index >= 15 is 0 Å². The largest absolute Gasteiger partial charge is 0.459 e. The number of oxime groups is 1. The molecular formula is C53H80N2O9. The molecule has 0 radical (unpaired) electrons. The van der Waals surface area contributed by atoms with E-state index in [2.05, 4.69) is 51.6 Å². The Morgan fingerprint density at radius 1 is 0.859 bits per heavy atom. The molecule has 2 aliphatic carbocycles. The number of aliphatic hydroxyl groups is 3. The van der Waals surface area contributed by atoms with E-state index in [1.165, 1.54) is 44.1 Å². The number of carbonyl (C=O) groups excluding carboxylic acids is 1. The van der Waals surface area contributed by atoms with Gasteiger partial charge in [0.25, 0.3) is 0 Å². The second kappa shape index (κ2) is 27.0. The summed E-state index contributed by atoms with van der Waals surface area (Å²) in [5.41, 5.74) is 5.12. The van der Waals surface area contributed by atoms with Crippen LogP contribution in [0.4, 0.5) is 0 Å². The monoisotopic (exact) mass is 889 g/mol. The number of aryl methyl sites for hydroxylation is 2. The summed E-state index contributed by atoms with van der Waals surface area (Å²) in [5.74, 6) is 0.418. The molecule has 0 spiro atoms. The Hall–Kier alpha value is -3.74. The Morgan fingerprint density at radius 3 is 2.25 bits per heavy atom. The van der Waals surface area contributed by atoms with Crippen molar-refractivity contribution in [3.63, 3.8) is 0 Å². The van der Waals surface area contributed by atoms with Gasteiger partial charge in [-0.2, -0.15) is 0 Å². The first-order valence-corrected chi connectivity index (χ1v) is 24.7. The minimum atomic E-state index is -1.35. The third-order valence-electron chi connectivity index (χ3n) is 13.6. The minimum Gasteiger partial charge on any atom is -0.459 e. The van der Waals surface area contributed by atoms with E-state index in [4.69, 9.17) is 28.9 Å². The highest BCUT2D eigenvalue weighted by atomic mass is 16.7. The maximum atomic E-state index is 14.9. The van der Waals surface area contributed by atoms with Crippen molar-refractivity contribution in [2.75, 3.05) is 52.8 Å². The molecule has 2 aromatic rings. The molecule has 2 aromatic carbocycles. The summed E-state index contributed by atoms with van der Waals surface area (Å²) in [5, 5.41) is 34.4. The molecule has 1 amide bonds. The molecule has 1 saturated carbocycles. The van der Waals surface area contributed by atoms with Crippen LogP contribution in [0.2, 0.25) is 0 Å². The molecule has 6 atom stereocenters. The highest BCUT2D eigenvalue weighted by molar-refractivity contribution is 6.03. The lowest BCUT2D eigenvalue weighted by Crippen LogP contribution is -2.70. The fourth-order valence-electron chi connectivity index (χ4n) is 10.3. The lowest BCUT2D eigenvalue weighted by Gasteiger charge is -2.60. The van der Waals surface area contributed by atoms with Crippen molar-refractivity contribution < 1.29 is 43.9 Å². The summed E-state index contributed by atoms with van der Waals surface area (Å²) >= 11 is 0. The number of fused-ring (bicyclic) bond motifs is 2. The second-order valence-electron chi connectivity index (χ2n) is 18.0. The van der Waals surface area contributed by atoms with Gasteiger partial charge in [-0.3, -0.25) is 4.79 Å². The zero-order chi connectivity index (χ0) is 45.7. The molecule has 3 N–H and O–H groups in total. The van der Waals surface area contributed by atoms with Gasteiger partial charge in [-0.25, -0.2) is 0 Å². The number of hydrogen-bond donors (Lipinski definition) is 3. The summed E-state index contributed by atoms with van der Waals surface area (Å²) in [4.78, 5) is 22.7. The molecule has 0 saturated heterocycles. The number of unbranched alkanes of at least 4 members (excludes halogenated alkanes) is 10. The van der Waals surface area contributed by atoms with Crippen LogP contribution in [0.5, 0.6) is 17.2 Å². The Bertz CT molecular complexity index is 1800. The fraction of sp³-hybridized carbons (Fsp3) is 0.660. The average Bonchev–Trinajstić information content (AvgIpc) is 3.29. The third-order valence-corrected chi connectivity index (χ3v) is 13.6. The van der Waals surface area contributed by atoms with Crippen LogP contribution in [-0.2, 0) is 19.1 Å². The van der Waals surface area contributed by atoms with E-state index < -0.39 is 17.7 Å². The Balaban J connectivity index is 1.65. The number of nitrogens with zero attached hydrogens (tertiary/aromatic N) is 2. The normalized spacial score (nSPS) is 22.9. The predicted octanol–water partition coefficient (Wildman–Crippen LogP) is 10.5. The van der Waals surface area contributed by atoms with Crippen LogP contribution in [-0.4, -0.2) is 96.5 Å². The summed E-state index contributed by atoms with van der Waals surface area (Å²) in [6.45, 7) is 13.8. The van der Waals surface area contributed by atoms with E-state index in [0.717, 1.165) is 73.1 Å². The topological polar surface area (TPSA) is 140 Å². The van der Waals surface area contributed by atoms with Crippen molar-refractivity contribution >= 4 is 11.6 Å². The summed E-state index contributed by atoms with van der Waals surface area (Å²) in [6.07, 6.45) is 19.9. The third kappa shape index (κ3) is 13.4. The molecular weight excluding hydrogens is 809 g/mol. The highest BCUT2D eigenvalue weighted by Crippen LogP contribution is 2.62. The van der Waals surface area contributed by atoms with Crippen molar-refractivity contribution in [2.45, 2.75) is 155 Å². The minimum absolute atomic E-state index is 0.00517. The lowest BCUT2D eigenvalue weighted by molar-refractivity contribution is -0.258. The Kier molecular flexibility index (Phi) is 21.6. The number of amides is 1. The molecule has 11 heteroatoms. The summed E-state index contributed by atoms with van der Waals surface area (Å²) in [6, 6.07) is 11.6. The molecule has 64 heavy (non-hydrogen) atoms. The molecule has 356 valence electrons. The number of carbonyl (C=O) groups is 1. The van der Waals surface area contributed by atoms with Gasteiger partial charge in [0, 0.05) is 44.1 Å². The number of hydrogen-bond acceptors (Lipinski definition) is 10. The Labute approximate surface area is 384 Å². The maximum absolute atomic E-state index is 14.9. The van der Waals surface area contributed by atoms with Gasteiger partial charge in [-0.15, -0.1) is 6.58 Å². The maximum Gasteiger partial charge on any atom is 0.239 e. The first kappa shape index (κ1) is 51.2. The molecule has 5 rings (SSSR count). The predicted molar refractivity (Wildman–Crippen MR) is 254 cm³/mol. The SMILES string of the molecule is C=CCOC12Oc3ccc(Oc4ccc(C)c(C)c4)cc3C3C(CCCCO)C(CCCCO)C=C(C(=NOCC)CC1N(CCOCCO)C(=O)CCCCCCCCCCC)C32. The van der Waals surface area contributed by atoms with Crippen molar-refractivity contribution in [1.82, 2.24) is 4.90 Å². The second-order valence-corrected chi connectivity index (χ2v) is 18.0. The van der Waals surface area contributed by atoms with Crippen molar-refractivity contribution in [3.8, 4) is 17.2 Å². The molecule has 0 bridgehead atoms. The summed E-state index contributed by atoms with van der Waals surface area (Å²) < 4.78 is 27.0. The number of benzene rings is 2. The van der Waals surface area contributed by atoms with Gasteiger partial charge in [-0.1, -0.05) is 94.5 Å². The zero-order valence-electron chi connectivity index (χ0n) is 39.6. The van der Waals surface area contributed by atoms with Gasteiger partial charge in [0.05, 0.1) is 38.1 Å². The number of rotatable bonds is 31. The number of aliphatic hydroxyl groups excluding tert-OH is 3. The molecule has 1 fully saturated rings. The summed E-state index contributed by atoms with van der Waals surface area (Å²) in [7, 11) is 0. The van der Waals surface area contributed by atoms with Crippen LogP contribution in [0.3, 0.4) is 0 Å². The van der Waals surface area contributed by atoms with Crippen LogP contribution in [0.1, 0.15) is 146 Å². The lowest BCUT2D eigenvalue weighted by atomic mass is 9.55. The Morgan fingerprint density at radius 2 is 1.56 bits per heavy atom. The van der Waals surface area contributed by atoms with E-state index in [1.807, 2.05) is 30.0 Å². The van der Waals surface area contributed by atoms with Crippen molar-refractivity contribution in [1.29, 1.82) is 0 Å². The zero-order valence-corrected chi connectivity index (χ0v) is 39.6. The first-order valence-electron chi connectivity index (χ1n) is 24.7. The fourth-order valence-corrected chi connectivity index (χ4v) is 10.3. The quantitative estimate of drug-likeness (QED) is 0.0383. The molecule has 1 heterocycles. The molecule has 3 aliphatic rings. The van der Waals surface area contributed by atoms with Gasteiger partial charge in [0.15, 0.2) is 0 Å². The standard InChI is InChI=1S/C53H80N2O9/c1-6-9-10-11-12-13-14-15-16-23-50(59)55(28-33-60-34-31-58)49-38-47(54-62-8-3)45-36-41(21-17-19-29-56)44(22-18-20-30-57)51-46-37-43(63-42-25-24-39(4)40(5)35-42)26-27-48(46)64-53(49,52(45)51)61-32-7-2/h7,24-27,35-37,41,44,49,51-52,56-58H,2,6,8-23,28-34,38H2,1,3-5H3. The van der Waals surface area contributed by atoms with Crippen LogP contribution in [0.15, 0.2) is 65.9 Å². The molecule has 6 unspecified atom stereocenters. The molecule has 11 nitrogen and oxygen atoms in total. The average molecular weight is 889 g/mol. The van der Waals surface area contributed by atoms with Crippen molar-refractivity contribution in [2.24, 2.45) is 22.9 Å². The highest BCUT2D eigenvalue weighted by Gasteiger charge is 2.65. The van der Waals surface area contributed by atoms with Crippen LogP contribution >= 0.6 is 0 Å². The van der Waals surface area contributed by atoms with E-state index in [0.29, 0.717) is 43.8 Å². The van der Waals surface area contributed by atoms with Gasteiger partial charge >= 0.3 is 0 Å². The van der Waals surface area contributed by atoms with Crippen LogP contribution < -0.4 is 9.47 Å². The van der Waals surface area contributed by atoms with Gasteiger partial charge < -0.3 is 44.0 Å². The smallest absolute Gasteiger partial charge is 0.239 e. The van der Waals surface area contributed by atoms with Crippen molar-refractivity contribution in [3.05, 3.63) is 77.4 Å². The van der Waals surface area contributed by atoms with Crippen LogP contribution in [0, 0.1) is 31.6 Å². The number of allylic oxidation sites excluding steroid dienone is 1. The van der Waals surface area contributed by atoms with Gasteiger partial charge in [0.2, 0.25) is 11.7 Å². The van der Waals surface area contributed by atoms with E-state index in [-0.39, 0.29) is 69.8 Å². The number of ether oxygens (including phenoxy) is 4. The van der Waals surface area contributed by atoms with Gasteiger partial charge in [-0.05, 0) is 112 Å². The van der Waals surface area contributed by atoms with Crippen LogP contribution in [0.25, 0.3) is 0 Å². The van der Waals surface area contributed by atoms with E-state index in [9.17, 15) is 20.1 Å².